The average molecular weight is 1670 g/mol. The fourth-order valence-corrected chi connectivity index (χ4v) is 20.2. The number of halogens is 7. The average Bonchev–Trinajstić information content (AvgIpc) is 1.66. The van der Waals surface area contributed by atoms with Gasteiger partial charge in [-0.3, -0.25) is 28.8 Å². The van der Waals surface area contributed by atoms with Gasteiger partial charge in [-0.2, -0.15) is 13.2 Å². The van der Waals surface area contributed by atoms with E-state index in [1.807, 2.05) is 32.7 Å². The van der Waals surface area contributed by atoms with Gasteiger partial charge in [-0.05, 0) is 49.3 Å². The number of nitrogens with zero attached hydrogens (tertiary/aromatic N) is 10. The third-order valence-corrected chi connectivity index (χ3v) is 28.0. The Bertz CT molecular complexity index is 3600. The van der Waals surface area contributed by atoms with Gasteiger partial charge in [0.1, 0.15) is 18.1 Å². The maximum atomic E-state index is 16.2. The number of rotatable bonds is 12. The molecule has 9 rings (SSSR count). The Hall–Kier alpha value is -6.93. The number of fused-ring (bicyclic) bond motifs is 4. The van der Waals surface area contributed by atoms with Gasteiger partial charge in [-0.1, -0.05) is 49.8 Å². The molecule has 608 valence electrons. The van der Waals surface area contributed by atoms with Gasteiger partial charge >= 0.3 is 376 Å². The Morgan fingerprint density at radius 3 is 1.89 bits per heavy atom. The van der Waals surface area contributed by atoms with E-state index in [1.54, 1.807) is 23.8 Å². The predicted octanol–water partition coefficient (Wildman–Crippen LogP) is 4.61. The summed E-state index contributed by atoms with van der Waals surface area (Å²) in [4.78, 5) is 196. The van der Waals surface area contributed by atoms with Gasteiger partial charge in [0.05, 0.1) is 17.1 Å². The molecular weight excluding hydrogens is 1560 g/mol. The molecule has 7 fully saturated rings. The molecule has 0 radical (unpaired) electrons. The molecule has 1 aromatic carbocycles. The van der Waals surface area contributed by atoms with E-state index in [-0.39, 0.29) is 85.1 Å². The molecule has 3 aliphatic carbocycles. The standard InChI is InChI=1S/C77H113ClF5IN13O12/c1-13-46(4)63-72(107)89(7)47(5)68(103)96-35-30-55(96)71(106)92(10)58(41-48-21-15-14-16-22-48)70(105)88(6)44-60(98)85-53(28-26-49-25-27-51(52(78)40-49)77(81,82)83)69(104)91(9)57(42-62(100)95-37-33-76(79,80)34-38-95)67(102)87-75(31-19-20-32-75)73(108)94(12)64(50-23-17-18-24-50)65-54-29-36-97(54)74(109)84-59(93(65)11)43-61(99)90(8)56(39-45(2)3)66(101)86-63/h25,27,40,45-48,50,53,55-59,63-64H,13-24,26,28-39,41-44H2,1-12H3,(H,85,98)(H,86,101)(H,87,102)/q-1/t46-,47-,53-,55-,56-,57-,58-,59-,63-,64-/m0/s1. The van der Waals surface area contributed by atoms with Gasteiger partial charge in [-0.25, -0.2) is 8.78 Å². The molecular formula is C77H113ClF5IN13O12-. The first-order valence-corrected chi connectivity index (χ1v) is 41.7. The molecule has 2 bridgehead atoms. The molecule has 0 aromatic heterocycles. The Kier molecular flexibility index (Phi) is 28.6. The topological polar surface area (TPSA) is 273 Å². The summed E-state index contributed by atoms with van der Waals surface area (Å²) in [6, 6.07) is -6.94. The van der Waals surface area contributed by atoms with Gasteiger partial charge in [-0.15, -0.1) is 0 Å². The number of likely N-dealkylation sites (tertiary alicyclic amines) is 1. The van der Waals surface area contributed by atoms with E-state index in [1.165, 1.54) is 66.7 Å². The van der Waals surface area contributed by atoms with Crippen LogP contribution in [0.3, 0.4) is 0 Å². The molecule has 1 aromatic rings. The van der Waals surface area contributed by atoms with Crippen LogP contribution in [-0.4, -0.2) is 264 Å². The fraction of sp³-hybridized carbons (Fsp3) is 0.740. The van der Waals surface area contributed by atoms with Crippen LogP contribution in [0.1, 0.15) is 193 Å². The summed E-state index contributed by atoms with van der Waals surface area (Å²) in [5.74, 6) is -11.6. The number of nitrogens with one attached hydrogen (secondary N) is 3. The van der Waals surface area contributed by atoms with Gasteiger partial charge in [0.25, 0.3) is 5.92 Å². The van der Waals surface area contributed by atoms with Gasteiger partial charge in [0.2, 0.25) is 17.7 Å². The zero-order valence-corrected chi connectivity index (χ0v) is 68.2. The van der Waals surface area contributed by atoms with Gasteiger partial charge in [0.15, 0.2) is 0 Å². The van der Waals surface area contributed by atoms with Crippen LogP contribution in [0.5, 0.6) is 0 Å². The molecule has 5 aliphatic heterocycles. The van der Waals surface area contributed by atoms with E-state index in [0.29, 0.717) is 56.5 Å². The van der Waals surface area contributed by atoms with E-state index in [4.69, 9.17) is 11.6 Å². The third kappa shape index (κ3) is 19.8. The van der Waals surface area contributed by atoms with E-state index < -0.39 is 212 Å². The number of carbonyl (C=O) groups excluding carboxylic acids is 12. The molecule has 32 heteroatoms. The summed E-state index contributed by atoms with van der Waals surface area (Å²) < 4.78 is 70.8. The van der Waals surface area contributed by atoms with Crippen molar-refractivity contribution in [1.82, 2.24) is 64.9 Å². The SMILES string of the molecule is CC[C@H](C)[C@@H]1NC(=O)[C@H](CC(C)C)N(C)C(=O)C[C@H]2[I-]C(=O)N3CCC3=C([C@H](C3CCCC3)N(C)C(=O)C3(CCCC3)NC(=O)[C@H](CC(=O)N3CCC(F)(F)CC3)N(C)C(=O)[C@H](CCc3ccc(C(F)(F)F)c(Cl)c3)NC(=O)CN(C)C(=O)[C@H](CC3CCCCC3)N(C)C(=O)[C@@H]3CCN3C(=O)[C@H](C)N(C)C1=O)N2C. The van der Waals surface area contributed by atoms with Crippen molar-refractivity contribution in [2.75, 3.05) is 82.1 Å². The van der Waals surface area contributed by atoms with Crippen molar-refractivity contribution < 1.29 is 101 Å². The summed E-state index contributed by atoms with van der Waals surface area (Å²) in [6.45, 7) is 7.99. The second-order valence-electron chi connectivity index (χ2n) is 32.3. The van der Waals surface area contributed by atoms with Crippen LogP contribution in [0.2, 0.25) is 5.02 Å². The summed E-state index contributed by atoms with van der Waals surface area (Å²) >= 11 is 4.70. The molecule has 10 atom stereocenters. The van der Waals surface area contributed by atoms with Crippen LogP contribution in [0, 0.1) is 23.7 Å². The van der Waals surface area contributed by atoms with Crippen molar-refractivity contribution in [2.45, 2.75) is 259 Å². The molecule has 4 saturated heterocycles. The molecule has 109 heavy (non-hydrogen) atoms. The molecule has 0 unspecified atom stereocenters. The Balaban J connectivity index is 1.13. The maximum absolute atomic E-state index is 16.2. The molecule has 25 nitrogen and oxygen atoms in total. The van der Waals surface area contributed by atoms with Crippen molar-refractivity contribution in [3.8, 4) is 0 Å². The predicted molar refractivity (Wildman–Crippen MR) is 392 cm³/mol. The number of benzene rings is 1. The number of piperidine rings is 1. The number of aryl methyl sites for hydroxylation is 1. The van der Waals surface area contributed by atoms with Crippen LogP contribution in [0.4, 0.5) is 26.7 Å². The summed E-state index contributed by atoms with van der Waals surface area (Å²) in [5, 5.41) is 8.09. The van der Waals surface area contributed by atoms with E-state index >= 15 is 28.8 Å². The zero-order chi connectivity index (χ0) is 80.0. The van der Waals surface area contributed by atoms with Crippen molar-refractivity contribution >= 4 is 80.5 Å². The quantitative estimate of drug-likeness (QED) is 0.0850. The molecule has 12 amide bonds. The number of hydrogen-bond acceptors (Lipinski definition) is 13. The number of amides is 12. The van der Waals surface area contributed by atoms with E-state index in [9.17, 15) is 50.7 Å². The first kappa shape index (κ1) is 86.1. The van der Waals surface area contributed by atoms with Gasteiger partial charge in [0, 0.05) is 46.6 Å². The first-order chi connectivity index (χ1) is 51.3. The number of hydrogen-bond donors (Lipinski definition) is 3. The molecule has 1 spiro atoms. The molecule has 3 saturated carbocycles. The van der Waals surface area contributed by atoms with Crippen molar-refractivity contribution in [1.29, 1.82) is 0 Å². The third-order valence-electron chi connectivity index (χ3n) is 24.5. The molecule has 5 heterocycles. The van der Waals surface area contributed by atoms with E-state index in [0.717, 1.165) is 72.9 Å². The first-order valence-electron chi connectivity index (χ1n) is 39.0. The normalized spacial score (nSPS) is 28.5. The van der Waals surface area contributed by atoms with Crippen LogP contribution in [0.15, 0.2) is 29.6 Å². The minimum atomic E-state index is -4.83. The number of carbonyl (C=O) groups is 12. The number of likely N-dealkylation sites (N-methyl/N-ethyl adjacent to an activating group) is 7. The van der Waals surface area contributed by atoms with E-state index in [2.05, 4.69) is 16.0 Å². The van der Waals surface area contributed by atoms with Crippen LogP contribution in [-0.2, 0) is 65.3 Å². The van der Waals surface area contributed by atoms with Crippen LogP contribution < -0.4 is 37.2 Å². The number of alkyl halides is 6. The minimum absolute atomic E-state index is 0.0307. The van der Waals surface area contributed by atoms with Crippen LogP contribution >= 0.6 is 11.6 Å². The van der Waals surface area contributed by atoms with Crippen molar-refractivity contribution in [3.63, 3.8) is 0 Å². The second-order valence-corrected chi connectivity index (χ2v) is 35.7. The summed E-state index contributed by atoms with van der Waals surface area (Å²) in [7, 11) is 10.4. The van der Waals surface area contributed by atoms with Crippen molar-refractivity contribution in [3.05, 3.63) is 45.7 Å². The van der Waals surface area contributed by atoms with Gasteiger partial charge < -0.3 is 24.9 Å². The summed E-state index contributed by atoms with van der Waals surface area (Å²) in [6.07, 6.45) is 1.89. The second kappa shape index (κ2) is 36.3. The fourth-order valence-electron chi connectivity index (χ4n) is 17.1. The Morgan fingerprint density at radius 2 is 1.31 bits per heavy atom. The molecule has 3 N–H and O–H groups in total. The van der Waals surface area contributed by atoms with Crippen LogP contribution in [0.25, 0.3) is 0 Å². The van der Waals surface area contributed by atoms with Crippen molar-refractivity contribution in [2.24, 2.45) is 23.7 Å². The Labute approximate surface area is 652 Å². The zero-order valence-electron chi connectivity index (χ0n) is 65.3. The Morgan fingerprint density at radius 1 is 0.679 bits per heavy atom. The monoisotopic (exact) mass is 1670 g/mol. The molecule has 8 aliphatic rings. The summed E-state index contributed by atoms with van der Waals surface area (Å²) in [5.41, 5.74) is -1.27.